The molecule has 0 radical (unpaired) electrons. The second-order valence-corrected chi connectivity index (χ2v) is 7.56. The second kappa shape index (κ2) is 4.18. The first kappa shape index (κ1) is 12.9. The van der Waals surface area contributed by atoms with Crippen LogP contribution in [-0.2, 0) is 6.42 Å². The van der Waals surface area contributed by atoms with E-state index in [-0.39, 0.29) is 11.5 Å². The summed E-state index contributed by atoms with van der Waals surface area (Å²) in [5.41, 5.74) is 10.4. The largest absolute Gasteiger partial charge is 0.324 e. The van der Waals surface area contributed by atoms with Crippen LogP contribution in [0.4, 0.5) is 0 Å². The van der Waals surface area contributed by atoms with Crippen LogP contribution in [0.5, 0.6) is 0 Å². The number of thiazole rings is 1. The molecule has 1 aliphatic carbocycles. The fraction of sp³-hybridized carbons (Fsp3) is 0.533. The Morgan fingerprint density at radius 1 is 1.42 bits per heavy atom. The molecular formula is C15H21N3S. The highest BCUT2D eigenvalue weighted by Crippen LogP contribution is 2.41. The number of aromatic nitrogens is 2. The van der Waals surface area contributed by atoms with E-state index in [2.05, 4.69) is 49.5 Å². The molecule has 0 aliphatic heterocycles. The molecule has 0 saturated carbocycles. The number of nitrogens with zero attached hydrogens (tertiary/aromatic N) is 2. The lowest BCUT2D eigenvalue weighted by Crippen LogP contribution is -2.30. The third kappa shape index (κ3) is 2.13. The van der Waals surface area contributed by atoms with E-state index < -0.39 is 0 Å². The summed E-state index contributed by atoms with van der Waals surface area (Å²) in [5.74, 6) is 0. The summed E-state index contributed by atoms with van der Waals surface area (Å²) >= 11 is 1.76. The Morgan fingerprint density at radius 2 is 2.16 bits per heavy atom. The van der Waals surface area contributed by atoms with E-state index in [0.717, 1.165) is 23.7 Å². The summed E-state index contributed by atoms with van der Waals surface area (Å²) in [6.45, 7) is 8.79. The van der Waals surface area contributed by atoms with E-state index >= 15 is 0 Å². The van der Waals surface area contributed by atoms with Gasteiger partial charge in [0.15, 0.2) is 5.13 Å². The number of hydrogen-bond donors (Lipinski definition) is 1. The Bertz CT molecular complexity index is 602. The quantitative estimate of drug-likeness (QED) is 0.865. The predicted molar refractivity (Wildman–Crippen MR) is 79.9 cm³/mol. The summed E-state index contributed by atoms with van der Waals surface area (Å²) in [5, 5.41) is 1.07. The molecule has 19 heavy (non-hydrogen) atoms. The Balaban J connectivity index is 2.10. The van der Waals surface area contributed by atoms with Gasteiger partial charge in [0.1, 0.15) is 0 Å². The van der Waals surface area contributed by atoms with Crippen LogP contribution in [0.2, 0.25) is 0 Å². The van der Waals surface area contributed by atoms with Gasteiger partial charge < -0.3 is 5.73 Å². The van der Waals surface area contributed by atoms with Crippen LogP contribution in [-0.4, -0.2) is 9.55 Å². The summed E-state index contributed by atoms with van der Waals surface area (Å²) < 4.78 is 2.24. The zero-order chi connectivity index (χ0) is 13.8. The molecule has 3 nitrogen and oxygen atoms in total. The van der Waals surface area contributed by atoms with Gasteiger partial charge in [0.2, 0.25) is 0 Å². The highest BCUT2D eigenvalue weighted by molar-refractivity contribution is 7.14. The smallest absolute Gasteiger partial charge is 0.194 e. The zero-order valence-corrected chi connectivity index (χ0v) is 12.8. The molecule has 102 valence electrons. The molecule has 2 aromatic heterocycles. The van der Waals surface area contributed by atoms with Crippen molar-refractivity contribution < 1.29 is 0 Å². The van der Waals surface area contributed by atoms with E-state index in [1.54, 1.807) is 11.3 Å². The molecule has 2 aromatic rings. The predicted octanol–water partition coefficient (Wildman–Crippen LogP) is 3.52. The van der Waals surface area contributed by atoms with Crippen molar-refractivity contribution in [3.8, 4) is 5.13 Å². The Labute approximate surface area is 118 Å². The van der Waals surface area contributed by atoms with E-state index in [0.29, 0.717) is 0 Å². The fourth-order valence-corrected chi connectivity index (χ4v) is 3.89. The van der Waals surface area contributed by atoms with Crippen LogP contribution in [0.25, 0.3) is 5.13 Å². The van der Waals surface area contributed by atoms with E-state index in [4.69, 9.17) is 5.73 Å². The first-order valence-electron chi connectivity index (χ1n) is 6.77. The third-order valence-electron chi connectivity index (χ3n) is 4.07. The molecule has 3 rings (SSSR count). The molecule has 0 bridgehead atoms. The summed E-state index contributed by atoms with van der Waals surface area (Å²) in [6, 6.07) is 2.32. The van der Waals surface area contributed by atoms with Gasteiger partial charge in [0.25, 0.3) is 0 Å². The van der Waals surface area contributed by atoms with Gasteiger partial charge in [-0.25, -0.2) is 4.98 Å². The maximum Gasteiger partial charge on any atom is 0.194 e. The molecular weight excluding hydrogens is 254 g/mol. The summed E-state index contributed by atoms with van der Waals surface area (Å²) in [7, 11) is 0. The van der Waals surface area contributed by atoms with Crippen molar-refractivity contribution in [2.75, 3.05) is 0 Å². The minimum absolute atomic E-state index is 0.155. The van der Waals surface area contributed by atoms with Gasteiger partial charge in [0.05, 0.1) is 5.69 Å². The molecule has 0 amide bonds. The monoisotopic (exact) mass is 275 g/mol. The van der Waals surface area contributed by atoms with Crippen LogP contribution in [0.1, 0.15) is 48.1 Å². The lowest BCUT2D eigenvalue weighted by molar-refractivity contribution is 0.278. The first-order valence-corrected chi connectivity index (χ1v) is 7.59. The molecule has 1 aliphatic rings. The topological polar surface area (TPSA) is 43.8 Å². The van der Waals surface area contributed by atoms with Crippen LogP contribution >= 0.6 is 11.3 Å². The van der Waals surface area contributed by atoms with Crippen molar-refractivity contribution in [1.82, 2.24) is 9.55 Å². The Kier molecular flexibility index (Phi) is 2.84. The van der Waals surface area contributed by atoms with Crippen LogP contribution < -0.4 is 5.73 Å². The minimum atomic E-state index is 0.155. The Hall–Kier alpha value is -1.13. The number of rotatable bonds is 1. The van der Waals surface area contributed by atoms with E-state index in [1.807, 2.05) is 0 Å². The number of nitrogens with two attached hydrogens (primary N) is 1. The van der Waals surface area contributed by atoms with Gasteiger partial charge in [-0.3, -0.25) is 4.57 Å². The average molecular weight is 275 g/mol. The van der Waals surface area contributed by atoms with Gasteiger partial charge in [-0.05, 0) is 43.7 Å². The molecule has 2 N–H and O–H groups in total. The number of hydrogen-bond acceptors (Lipinski definition) is 3. The van der Waals surface area contributed by atoms with Gasteiger partial charge in [-0.1, -0.05) is 13.8 Å². The molecule has 1 atom stereocenters. The lowest BCUT2D eigenvalue weighted by Gasteiger charge is -2.34. The van der Waals surface area contributed by atoms with Gasteiger partial charge in [0, 0.05) is 22.8 Å². The molecule has 0 spiro atoms. The maximum absolute atomic E-state index is 6.32. The lowest BCUT2D eigenvalue weighted by atomic mass is 9.75. The third-order valence-corrected chi connectivity index (χ3v) is 5.14. The standard InChI is InChI=1S/C15H21N3S/c1-9-10(2)19-14(17-9)18-6-5-11-12(16)7-15(3,4)8-13(11)18/h5-6,12H,7-8,16H2,1-4H3. The molecule has 2 heterocycles. The highest BCUT2D eigenvalue weighted by Gasteiger charge is 2.33. The molecule has 0 aromatic carbocycles. The SMILES string of the molecule is Cc1nc(-n2ccc3c2CC(C)(C)CC3N)sc1C. The molecule has 0 saturated heterocycles. The van der Waals surface area contributed by atoms with Crippen LogP contribution in [0.3, 0.4) is 0 Å². The van der Waals surface area contributed by atoms with Crippen molar-refractivity contribution in [2.45, 2.75) is 46.6 Å². The van der Waals surface area contributed by atoms with E-state index in [1.165, 1.54) is 16.1 Å². The summed E-state index contributed by atoms with van der Waals surface area (Å²) in [6.07, 6.45) is 4.25. The van der Waals surface area contributed by atoms with Crippen molar-refractivity contribution >= 4 is 11.3 Å². The normalized spacial score (nSPS) is 21.4. The molecule has 4 heteroatoms. The first-order chi connectivity index (χ1) is 8.87. The Morgan fingerprint density at radius 3 is 2.79 bits per heavy atom. The summed E-state index contributed by atoms with van der Waals surface area (Å²) in [4.78, 5) is 5.96. The fourth-order valence-electron chi connectivity index (χ4n) is 2.97. The van der Waals surface area contributed by atoms with Gasteiger partial charge in [-0.2, -0.15) is 0 Å². The minimum Gasteiger partial charge on any atom is -0.324 e. The second-order valence-electron chi connectivity index (χ2n) is 6.38. The number of aryl methyl sites for hydroxylation is 2. The van der Waals surface area contributed by atoms with Gasteiger partial charge in [-0.15, -0.1) is 11.3 Å². The molecule has 1 unspecified atom stereocenters. The maximum atomic E-state index is 6.32. The van der Waals surface area contributed by atoms with Crippen molar-refractivity contribution in [1.29, 1.82) is 0 Å². The van der Waals surface area contributed by atoms with Crippen LogP contribution in [0.15, 0.2) is 12.3 Å². The van der Waals surface area contributed by atoms with Crippen molar-refractivity contribution in [2.24, 2.45) is 11.1 Å². The van der Waals surface area contributed by atoms with Crippen LogP contribution in [0, 0.1) is 19.3 Å². The molecule has 0 fully saturated rings. The van der Waals surface area contributed by atoms with Crippen molar-refractivity contribution in [3.05, 3.63) is 34.1 Å². The average Bonchev–Trinajstić information content (AvgIpc) is 2.82. The zero-order valence-electron chi connectivity index (χ0n) is 12.0. The van der Waals surface area contributed by atoms with E-state index in [9.17, 15) is 0 Å². The number of fused-ring (bicyclic) bond motifs is 1. The van der Waals surface area contributed by atoms with Crippen molar-refractivity contribution in [3.63, 3.8) is 0 Å². The van der Waals surface area contributed by atoms with Gasteiger partial charge >= 0.3 is 0 Å². The highest BCUT2D eigenvalue weighted by atomic mass is 32.1.